The van der Waals surface area contributed by atoms with E-state index in [2.05, 4.69) is 5.32 Å². The lowest BCUT2D eigenvalue weighted by molar-refractivity contribution is -0.384. The van der Waals surface area contributed by atoms with Crippen LogP contribution in [0.2, 0.25) is 5.02 Å². The Hall–Kier alpha value is -3.06. The van der Waals surface area contributed by atoms with E-state index in [1.807, 2.05) is 11.8 Å². The summed E-state index contributed by atoms with van der Waals surface area (Å²) in [7, 11) is 1.30. The van der Waals surface area contributed by atoms with Crippen LogP contribution in [0.25, 0.3) is 10.1 Å². The number of halogens is 1. The molecule has 0 unspecified atom stereocenters. The Labute approximate surface area is 219 Å². The number of piperazine rings is 1. The molecule has 0 spiro atoms. The molecule has 13 heteroatoms. The van der Waals surface area contributed by atoms with Gasteiger partial charge in [-0.25, -0.2) is 4.79 Å². The van der Waals surface area contributed by atoms with Crippen molar-refractivity contribution in [2.75, 3.05) is 45.2 Å². The second-order valence-corrected chi connectivity index (χ2v) is 10.7. The van der Waals surface area contributed by atoms with Crippen molar-refractivity contribution in [2.45, 2.75) is 13.3 Å². The number of amides is 2. The summed E-state index contributed by atoms with van der Waals surface area (Å²) in [5.41, 5.74) is 0.284. The fraction of sp³-hybridized carbons (Fsp3) is 0.348. The Balaban J connectivity index is 1.36. The number of non-ortho nitro benzene ring substituents is 1. The third kappa shape index (κ3) is 5.36. The Morgan fingerprint density at radius 1 is 1.17 bits per heavy atom. The molecule has 36 heavy (non-hydrogen) atoms. The molecule has 0 atom stereocenters. The SMILES string of the molecule is CCc1cc(C(=O)OC)c(NC(=O)CN2CCN(C(=O)c3sc4cc([N+](=O)[O-])ccc4c3Cl)CC2)s1. The molecule has 3 heterocycles. The number of ether oxygens (including phenoxy) is 1. The summed E-state index contributed by atoms with van der Waals surface area (Å²) in [5.74, 6) is -0.984. The Bertz CT molecular complexity index is 1350. The lowest BCUT2D eigenvalue weighted by atomic mass is 10.2. The third-order valence-corrected chi connectivity index (χ3v) is 8.67. The number of carbonyl (C=O) groups excluding carboxylic acids is 3. The van der Waals surface area contributed by atoms with Crippen LogP contribution < -0.4 is 5.32 Å². The van der Waals surface area contributed by atoms with E-state index in [0.717, 1.165) is 22.6 Å². The largest absolute Gasteiger partial charge is 0.465 e. The van der Waals surface area contributed by atoms with Crippen molar-refractivity contribution in [1.82, 2.24) is 9.80 Å². The normalized spacial score (nSPS) is 14.1. The molecule has 1 fully saturated rings. The van der Waals surface area contributed by atoms with Crippen LogP contribution in [0.5, 0.6) is 0 Å². The summed E-state index contributed by atoms with van der Waals surface area (Å²) in [6, 6.07) is 6.07. The van der Waals surface area contributed by atoms with Gasteiger partial charge in [-0.1, -0.05) is 18.5 Å². The number of methoxy groups -OCH3 is 1. The molecule has 2 aromatic heterocycles. The highest BCUT2D eigenvalue weighted by molar-refractivity contribution is 7.21. The summed E-state index contributed by atoms with van der Waals surface area (Å²) in [6.07, 6.45) is 0.737. The molecule has 190 valence electrons. The van der Waals surface area contributed by atoms with Gasteiger partial charge in [0.25, 0.3) is 11.6 Å². The summed E-state index contributed by atoms with van der Waals surface area (Å²) >= 11 is 8.92. The minimum atomic E-state index is -0.497. The number of benzene rings is 1. The number of rotatable bonds is 7. The maximum absolute atomic E-state index is 13.1. The van der Waals surface area contributed by atoms with Crippen molar-refractivity contribution in [1.29, 1.82) is 0 Å². The Morgan fingerprint density at radius 3 is 2.53 bits per heavy atom. The number of anilines is 1. The molecular weight excluding hydrogens is 528 g/mol. The number of aryl methyl sites for hydroxylation is 1. The number of hydrogen-bond acceptors (Lipinski definition) is 9. The average Bonchev–Trinajstić information content (AvgIpc) is 3.43. The van der Waals surface area contributed by atoms with Crippen molar-refractivity contribution in [3.05, 3.63) is 54.7 Å². The zero-order valence-corrected chi connectivity index (χ0v) is 21.9. The van der Waals surface area contributed by atoms with Crippen molar-refractivity contribution in [3.8, 4) is 0 Å². The molecular formula is C23H23ClN4O6S2. The number of nitrogens with one attached hydrogen (secondary N) is 1. The van der Waals surface area contributed by atoms with E-state index in [1.54, 1.807) is 17.0 Å². The first-order chi connectivity index (χ1) is 17.2. The molecule has 1 saturated heterocycles. The summed E-state index contributed by atoms with van der Waals surface area (Å²) < 4.78 is 5.39. The topological polar surface area (TPSA) is 122 Å². The second-order valence-electron chi connectivity index (χ2n) is 8.10. The van der Waals surface area contributed by atoms with Crippen LogP contribution >= 0.6 is 34.3 Å². The number of hydrogen-bond donors (Lipinski definition) is 1. The van der Waals surface area contributed by atoms with E-state index in [1.165, 1.54) is 30.6 Å². The van der Waals surface area contributed by atoms with Gasteiger partial charge in [0.1, 0.15) is 9.88 Å². The van der Waals surface area contributed by atoms with Gasteiger partial charge in [0, 0.05) is 53.3 Å². The zero-order valence-electron chi connectivity index (χ0n) is 19.5. The number of esters is 1. The van der Waals surface area contributed by atoms with Crippen LogP contribution in [0, 0.1) is 10.1 Å². The standard InChI is InChI=1S/C23H23ClN4O6S2/c1-3-14-11-16(23(31)34-2)21(35-14)25-18(29)12-26-6-8-27(9-7-26)22(30)20-19(24)15-5-4-13(28(32)33)10-17(15)36-20/h4-5,10-11H,3,6-9,12H2,1-2H3,(H,25,29). The quantitative estimate of drug-likeness (QED) is 0.265. The maximum Gasteiger partial charge on any atom is 0.340 e. The highest BCUT2D eigenvalue weighted by Gasteiger charge is 2.28. The van der Waals surface area contributed by atoms with Crippen molar-refractivity contribution >= 4 is 72.8 Å². The Morgan fingerprint density at radius 2 is 1.89 bits per heavy atom. The minimum absolute atomic E-state index is 0.0570. The van der Waals surface area contributed by atoms with Gasteiger partial charge in [-0.15, -0.1) is 22.7 Å². The highest BCUT2D eigenvalue weighted by Crippen LogP contribution is 2.38. The van der Waals surface area contributed by atoms with Gasteiger partial charge in [-0.2, -0.15) is 0 Å². The molecule has 1 aliphatic heterocycles. The predicted molar refractivity (Wildman–Crippen MR) is 139 cm³/mol. The van der Waals surface area contributed by atoms with E-state index in [-0.39, 0.29) is 24.0 Å². The molecule has 1 aliphatic rings. The first-order valence-electron chi connectivity index (χ1n) is 11.1. The number of nitrogens with zero attached hydrogens (tertiary/aromatic N) is 3. The van der Waals surface area contributed by atoms with Crippen LogP contribution in [0.15, 0.2) is 24.3 Å². The number of carbonyl (C=O) groups is 3. The molecule has 0 bridgehead atoms. The predicted octanol–water partition coefficient (Wildman–Crippen LogP) is 4.27. The van der Waals surface area contributed by atoms with Crippen LogP contribution in [0.3, 0.4) is 0 Å². The van der Waals surface area contributed by atoms with Gasteiger partial charge in [0.05, 0.1) is 29.2 Å². The number of thiophene rings is 2. The van der Waals surface area contributed by atoms with Crippen LogP contribution in [0.4, 0.5) is 10.7 Å². The van der Waals surface area contributed by atoms with E-state index < -0.39 is 10.9 Å². The second kappa shape index (κ2) is 10.9. The first kappa shape index (κ1) is 26.0. The molecule has 10 nitrogen and oxygen atoms in total. The molecule has 1 N–H and O–H groups in total. The molecule has 1 aromatic carbocycles. The average molecular weight is 551 g/mol. The maximum atomic E-state index is 13.1. The molecule has 3 aromatic rings. The Kier molecular flexibility index (Phi) is 7.88. The fourth-order valence-corrected chi connectivity index (χ4v) is 6.41. The molecule has 0 radical (unpaired) electrons. The van der Waals surface area contributed by atoms with Crippen LogP contribution in [0.1, 0.15) is 31.8 Å². The third-order valence-electron chi connectivity index (χ3n) is 5.83. The molecule has 4 rings (SSSR count). The molecule has 0 saturated carbocycles. The van der Waals surface area contributed by atoms with Gasteiger partial charge in [0.15, 0.2) is 0 Å². The van der Waals surface area contributed by atoms with Crippen molar-refractivity contribution < 1.29 is 24.0 Å². The molecule has 2 amide bonds. The molecule has 0 aliphatic carbocycles. The van der Waals surface area contributed by atoms with Crippen LogP contribution in [-0.2, 0) is 16.0 Å². The fourth-order valence-electron chi connectivity index (χ4n) is 3.90. The van der Waals surface area contributed by atoms with E-state index in [4.69, 9.17) is 16.3 Å². The summed E-state index contributed by atoms with van der Waals surface area (Å²) in [5, 5.41) is 15.2. The lowest BCUT2D eigenvalue weighted by Crippen LogP contribution is -2.50. The van der Waals surface area contributed by atoms with Gasteiger partial charge < -0.3 is 15.0 Å². The van der Waals surface area contributed by atoms with Crippen LogP contribution in [-0.4, -0.2) is 72.3 Å². The van der Waals surface area contributed by atoms with Gasteiger partial charge in [0.2, 0.25) is 5.91 Å². The lowest BCUT2D eigenvalue weighted by Gasteiger charge is -2.34. The van der Waals surface area contributed by atoms with E-state index >= 15 is 0 Å². The summed E-state index contributed by atoms with van der Waals surface area (Å²) in [6.45, 7) is 3.88. The van der Waals surface area contributed by atoms with Crippen molar-refractivity contribution in [2.24, 2.45) is 0 Å². The number of nitro benzene ring substituents is 1. The minimum Gasteiger partial charge on any atom is -0.465 e. The number of nitro groups is 1. The monoisotopic (exact) mass is 550 g/mol. The van der Waals surface area contributed by atoms with Gasteiger partial charge >= 0.3 is 5.97 Å². The smallest absolute Gasteiger partial charge is 0.340 e. The summed E-state index contributed by atoms with van der Waals surface area (Å²) in [4.78, 5) is 53.3. The highest BCUT2D eigenvalue weighted by atomic mass is 35.5. The zero-order chi connectivity index (χ0) is 26.0. The first-order valence-corrected chi connectivity index (χ1v) is 13.1. The van der Waals surface area contributed by atoms with Gasteiger partial charge in [-0.3, -0.25) is 24.6 Å². The van der Waals surface area contributed by atoms with E-state index in [9.17, 15) is 24.5 Å². The number of fused-ring (bicyclic) bond motifs is 1. The van der Waals surface area contributed by atoms with E-state index in [0.29, 0.717) is 56.7 Å². The van der Waals surface area contributed by atoms with Gasteiger partial charge in [-0.05, 0) is 18.6 Å². The van der Waals surface area contributed by atoms with Crippen molar-refractivity contribution in [3.63, 3.8) is 0 Å².